The molecule has 0 radical (unpaired) electrons. The molecule has 0 N–H and O–H groups in total. The molecule has 4 aromatic heterocycles. The van der Waals surface area contributed by atoms with Crippen LogP contribution in [-0.2, 0) is 0 Å². The summed E-state index contributed by atoms with van der Waals surface area (Å²) in [6.07, 6.45) is 0. The molecular formula is C24H10Br2N2S3. The molecule has 0 spiro atoms. The van der Waals surface area contributed by atoms with Crippen molar-refractivity contribution in [2.45, 2.75) is 0 Å². The van der Waals surface area contributed by atoms with Crippen LogP contribution in [0.25, 0.3) is 63.8 Å². The molecule has 0 fully saturated rings. The molecule has 31 heavy (non-hydrogen) atoms. The van der Waals surface area contributed by atoms with Crippen molar-refractivity contribution in [3.8, 4) is 42.0 Å². The summed E-state index contributed by atoms with van der Waals surface area (Å²) in [5, 5.41) is 6.63. The molecule has 2 nitrogen and oxygen atoms in total. The van der Waals surface area contributed by atoms with Gasteiger partial charge in [0.05, 0.1) is 21.1 Å². The minimum absolute atomic E-state index is 0.978. The van der Waals surface area contributed by atoms with Crippen molar-refractivity contribution in [1.29, 1.82) is 0 Å². The minimum Gasteiger partial charge on any atom is -0.242 e. The van der Waals surface area contributed by atoms with Crippen molar-refractivity contribution >= 4 is 87.7 Å². The summed E-state index contributed by atoms with van der Waals surface area (Å²) in [6.45, 7) is 0. The first-order valence-electron chi connectivity index (χ1n) is 9.54. The van der Waals surface area contributed by atoms with E-state index in [2.05, 4.69) is 91.2 Å². The van der Waals surface area contributed by atoms with Gasteiger partial charge in [0.1, 0.15) is 11.0 Å². The number of rotatable bonds is 2. The predicted molar refractivity (Wildman–Crippen MR) is 141 cm³/mol. The molecule has 0 aliphatic heterocycles. The fourth-order valence-electron chi connectivity index (χ4n) is 4.28. The lowest BCUT2D eigenvalue weighted by Gasteiger charge is -2.06. The average molecular weight is 582 g/mol. The highest BCUT2D eigenvalue weighted by atomic mass is 79.9. The zero-order valence-corrected chi connectivity index (χ0v) is 21.3. The van der Waals surface area contributed by atoms with Gasteiger partial charge in [0.2, 0.25) is 0 Å². The Morgan fingerprint density at radius 2 is 1.13 bits per heavy atom. The predicted octanol–water partition coefficient (Wildman–Crippen LogP) is 9.47. The van der Waals surface area contributed by atoms with Crippen molar-refractivity contribution in [3.63, 3.8) is 0 Å². The van der Waals surface area contributed by atoms with E-state index in [1.165, 1.54) is 30.3 Å². The first kappa shape index (κ1) is 18.7. The molecule has 0 atom stereocenters. The molecule has 7 rings (SSSR count). The standard InChI is InChI=1S/C24H10Br2N2S3/c25-13-7-5-11-17-12(6-8-14(26)18(13)17)20-19(11)27-21-22(28-20)24(16-4-2-10-30-16)31-23(21)15-3-1-9-29-15/h1-10H. The quantitative estimate of drug-likeness (QED) is 0.203. The highest BCUT2D eigenvalue weighted by Crippen LogP contribution is 2.52. The third-order valence-corrected chi connectivity index (χ3v) is 10.2. The van der Waals surface area contributed by atoms with Gasteiger partial charge in [0.25, 0.3) is 0 Å². The molecule has 1 aliphatic carbocycles. The van der Waals surface area contributed by atoms with Gasteiger partial charge in [-0.05, 0) is 35.0 Å². The fraction of sp³-hybridized carbons (Fsp3) is 0. The fourth-order valence-corrected chi connectivity index (χ4v) is 8.53. The summed E-state index contributed by atoms with van der Waals surface area (Å²) in [7, 11) is 0. The molecule has 0 unspecified atom stereocenters. The molecule has 7 heteroatoms. The Labute approximate surface area is 206 Å². The molecule has 2 aromatic carbocycles. The van der Waals surface area contributed by atoms with Crippen LogP contribution in [0.15, 0.2) is 68.2 Å². The second kappa shape index (κ2) is 6.80. The lowest BCUT2D eigenvalue weighted by atomic mass is 10.0. The molecule has 0 saturated carbocycles. The number of thiophene rings is 3. The summed E-state index contributed by atoms with van der Waals surface area (Å²) in [5.74, 6) is 0. The van der Waals surface area contributed by atoms with E-state index in [9.17, 15) is 0 Å². The van der Waals surface area contributed by atoms with E-state index < -0.39 is 0 Å². The molecule has 1 aliphatic rings. The van der Waals surface area contributed by atoms with Gasteiger partial charge in [0, 0.05) is 40.6 Å². The van der Waals surface area contributed by atoms with Crippen LogP contribution in [0.4, 0.5) is 0 Å². The Kier molecular flexibility index (Phi) is 4.09. The zero-order chi connectivity index (χ0) is 20.7. The van der Waals surface area contributed by atoms with Gasteiger partial charge in [0.15, 0.2) is 0 Å². The maximum Gasteiger partial charge on any atom is 0.110 e. The summed E-state index contributed by atoms with van der Waals surface area (Å²) in [4.78, 5) is 15.4. The lowest BCUT2D eigenvalue weighted by molar-refractivity contribution is 1.33. The van der Waals surface area contributed by atoms with Crippen LogP contribution < -0.4 is 0 Å². The van der Waals surface area contributed by atoms with Gasteiger partial charge < -0.3 is 0 Å². The number of benzene rings is 2. The van der Waals surface area contributed by atoms with Crippen LogP contribution in [-0.4, -0.2) is 9.97 Å². The van der Waals surface area contributed by atoms with E-state index >= 15 is 0 Å². The maximum atomic E-state index is 5.27. The summed E-state index contributed by atoms with van der Waals surface area (Å²) < 4.78 is 2.15. The first-order chi connectivity index (χ1) is 15.2. The van der Waals surface area contributed by atoms with E-state index in [0.717, 1.165) is 42.5 Å². The van der Waals surface area contributed by atoms with Crippen molar-refractivity contribution in [3.05, 3.63) is 68.2 Å². The number of hydrogen-bond acceptors (Lipinski definition) is 5. The molecule has 0 amide bonds. The van der Waals surface area contributed by atoms with Crippen LogP contribution in [0.5, 0.6) is 0 Å². The number of nitrogens with zero attached hydrogens (tertiary/aromatic N) is 2. The first-order valence-corrected chi connectivity index (χ1v) is 13.7. The summed E-state index contributed by atoms with van der Waals surface area (Å²) >= 11 is 12.8. The third kappa shape index (κ3) is 2.58. The second-order valence-corrected chi connectivity index (χ2v) is 11.9. The molecule has 0 saturated heterocycles. The summed E-state index contributed by atoms with van der Waals surface area (Å²) in [6, 6.07) is 17.1. The van der Waals surface area contributed by atoms with Gasteiger partial charge >= 0.3 is 0 Å². The van der Waals surface area contributed by atoms with E-state index in [0.29, 0.717) is 0 Å². The van der Waals surface area contributed by atoms with Crippen molar-refractivity contribution in [2.24, 2.45) is 0 Å². The van der Waals surface area contributed by atoms with Crippen LogP contribution in [0.3, 0.4) is 0 Å². The van der Waals surface area contributed by atoms with E-state index in [-0.39, 0.29) is 0 Å². The molecule has 148 valence electrons. The average Bonchev–Trinajstić information content (AvgIpc) is 3.56. The van der Waals surface area contributed by atoms with Crippen molar-refractivity contribution < 1.29 is 0 Å². The Balaban J connectivity index is 1.62. The van der Waals surface area contributed by atoms with Gasteiger partial charge in [-0.3, -0.25) is 0 Å². The normalized spacial score (nSPS) is 12.2. The monoisotopic (exact) mass is 580 g/mol. The van der Waals surface area contributed by atoms with Crippen molar-refractivity contribution in [1.82, 2.24) is 9.97 Å². The highest BCUT2D eigenvalue weighted by Gasteiger charge is 2.29. The van der Waals surface area contributed by atoms with Crippen LogP contribution >= 0.6 is 65.9 Å². The minimum atomic E-state index is 0.978. The molecular weight excluding hydrogens is 572 g/mol. The Morgan fingerprint density at radius 1 is 0.613 bits per heavy atom. The zero-order valence-electron chi connectivity index (χ0n) is 15.6. The van der Waals surface area contributed by atoms with Gasteiger partial charge in [-0.1, -0.05) is 56.1 Å². The van der Waals surface area contributed by atoms with E-state index in [4.69, 9.17) is 9.97 Å². The number of aromatic nitrogens is 2. The lowest BCUT2D eigenvalue weighted by Crippen LogP contribution is -1.89. The smallest absolute Gasteiger partial charge is 0.110 e. The van der Waals surface area contributed by atoms with E-state index in [1.54, 1.807) is 34.0 Å². The van der Waals surface area contributed by atoms with Gasteiger partial charge in [-0.25, -0.2) is 9.97 Å². The van der Waals surface area contributed by atoms with E-state index in [1.807, 2.05) is 0 Å². The number of fused-ring (bicyclic) bond motifs is 4. The van der Waals surface area contributed by atoms with Crippen LogP contribution in [0, 0.1) is 0 Å². The Hall–Kier alpha value is -1.90. The third-order valence-electron chi connectivity index (χ3n) is 5.59. The van der Waals surface area contributed by atoms with Gasteiger partial charge in [-0.2, -0.15) is 0 Å². The second-order valence-electron chi connectivity index (χ2n) is 7.27. The molecule has 6 aromatic rings. The SMILES string of the molecule is Brc1ccc2c3c(ccc(Br)c13)-c1nc3c(-c4cccs4)sc(-c4cccs4)c3nc1-2. The molecule has 0 bridgehead atoms. The topological polar surface area (TPSA) is 25.8 Å². The van der Waals surface area contributed by atoms with Crippen LogP contribution in [0.2, 0.25) is 0 Å². The molecule has 4 heterocycles. The maximum absolute atomic E-state index is 5.27. The number of hydrogen-bond donors (Lipinski definition) is 0. The van der Waals surface area contributed by atoms with Crippen molar-refractivity contribution in [2.75, 3.05) is 0 Å². The van der Waals surface area contributed by atoms with Crippen LogP contribution in [0.1, 0.15) is 0 Å². The highest BCUT2D eigenvalue weighted by molar-refractivity contribution is 9.11. The summed E-state index contributed by atoms with van der Waals surface area (Å²) in [5.41, 5.74) is 6.26. The number of halogens is 2. The largest absolute Gasteiger partial charge is 0.242 e. The Morgan fingerprint density at radius 3 is 1.58 bits per heavy atom. The Bertz CT molecular complexity index is 1530. The van der Waals surface area contributed by atoms with Gasteiger partial charge in [-0.15, -0.1) is 34.0 Å².